The highest BCUT2D eigenvalue weighted by atomic mass is 35.5. The third kappa shape index (κ3) is 5.14. The van der Waals surface area contributed by atoms with E-state index in [4.69, 9.17) is 23.2 Å². The highest BCUT2D eigenvalue weighted by Crippen LogP contribution is 2.14. The number of alkyl halides is 1. The number of benzene rings is 1. The van der Waals surface area contributed by atoms with Gasteiger partial charge in [0.15, 0.2) is 0 Å². The molecule has 1 unspecified atom stereocenters. The summed E-state index contributed by atoms with van der Waals surface area (Å²) in [5.74, 6) is 1.01. The van der Waals surface area contributed by atoms with Gasteiger partial charge in [0.1, 0.15) is 0 Å². The lowest BCUT2D eigenvalue weighted by molar-refractivity contribution is 0.543. The summed E-state index contributed by atoms with van der Waals surface area (Å²) < 4.78 is 26.3. The van der Waals surface area contributed by atoms with E-state index in [1.54, 1.807) is 12.1 Å². The van der Waals surface area contributed by atoms with Crippen LogP contribution in [-0.2, 0) is 10.0 Å². The lowest BCUT2D eigenvalue weighted by Crippen LogP contribution is -2.25. The zero-order valence-corrected chi connectivity index (χ0v) is 12.5. The fourth-order valence-electron chi connectivity index (χ4n) is 1.43. The van der Waals surface area contributed by atoms with Crippen LogP contribution in [0.3, 0.4) is 0 Å². The smallest absolute Gasteiger partial charge is 0.211 e. The minimum Gasteiger partial charge on any atom is -0.211 e. The first-order chi connectivity index (χ1) is 8.45. The molecule has 0 aliphatic carbocycles. The maximum Gasteiger partial charge on any atom is 0.240 e. The molecule has 0 heterocycles. The largest absolute Gasteiger partial charge is 0.240 e. The number of hydrogen-bond donors (Lipinski definition) is 1. The van der Waals surface area contributed by atoms with Gasteiger partial charge in [0.25, 0.3) is 0 Å². The normalized spacial score (nSPS) is 13.5. The van der Waals surface area contributed by atoms with Crippen LogP contribution in [0.4, 0.5) is 0 Å². The van der Waals surface area contributed by atoms with Crippen LogP contribution in [0.15, 0.2) is 29.2 Å². The third-order valence-corrected chi connectivity index (χ3v) is 4.81. The van der Waals surface area contributed by atoms with Gasteiger partial charge in [-0.1, -0.05) is 18.5 Å². The SMILES string of the molecule is CC(CCl)CCCNS(=O)(=O)c1ccc(Cl)cc1. The van der Waals surface area contributed by atoms with Gasteiger partial charge in [0.2, 0.25) is 10.0 Å². The van der Waals surface area contributed by atoms with Crippen LogP contribution < -0.4 is 4.72 Å². The number of rotatable bonds is 7. The lowest BCUT2D eigenvalue weighted by Gasteiger charge is -2.09. The van der Waals surface area contributed by atoms with Crippen LogP contribution in [0.5, 0.6) is 0 Å². The fourth-order valence-corrected chi connectivity index (χ4v) is 2.79. The monoisotopic (exact) mass is 309 g/mol. The average Bonchev–Trinajstić information content (AvgIpc) is 2.35. The van der Waals surface area contributed by atoms with Crippen LogP contribution in [-0.4, -0.2) is 20.8 Å². The number of nitrogens with one attached hydrogen (secondary N) is 1. The molecule has 0 spiro atoms. The topological polar surface area (TPSA) is 46.2 Å². The van der Waals surface area contributed by atoms with E-state index in [2.05, 4.69) is 4.72 Å². The summed E-state index contributed by atoms with van der Waals surface area (Å²) in [7, 11) is -3.42. The number of hydrogen-bond acceptors (Lipinski definition) is 2. The molecule has 1 atom stereocenters. The van der Waals surface area contributed by atoms with Crippen molar-refractivity contribution >= 4 is 33.2 Å². The van der Waals surface area contributed by atoms with Crippen molar-refractivity contribution in [3.8, 4) is 0 Å². The van der Waals surface area contributed by atoms with Gasteiger partial charge in [-0.2, -0.15) is 0 Å². The Morgan fingerprint density at radius 1 is 1.28 bits per heavy atom. The van der Waals surface area contributed by atoms with Gasteiger partial charge in [-0.15, -0.1) is 11.6 Å². The first-order valence-electron chi connectivity index (χ1n) is 5.77. The quantitative estimate of drug-likeness (QED) is 0.620. The molecule has 0 fully saturated rings. The highest BCUT2D eigenvalue weighted by Gasteiger charge is 2.12. The summed E-state index contributed by atoms with van der Waals surface area (Å²) in [5.41, 5.74) is 0. The van der Waals surface area contributed by atoms with Crippen molar-refractivity contribution in [3.05, 3.63) is 29.3 Å². The van der Waals surface area contributed by atoms with Gasteiger partial charge in [-0.05, 0) is 43.0 Å². The van der Waals surface area contributed by atoms with Crippen LogP contribution in [0, 0.1) is 5.92 Å². The van der Waals surface area contributed by atoms with Crippen molar-refractivity contribution in [2.75, 3.05) is 12.4 Å². The molecule has 1 aromatic carbocycles. The molecule has 1 aromatic rings. The fraction of sp³-hybridized carbons (Fsp3) is 0.500. The summed E-state index contributed by atoms with van der Waals surface area (Å²) in [4.78, 5) is 0.234. The number of sulfonamides is 1. The molecular weight excluding hydrogens is 293 g/mol. The van der Waals surface area contributed by atoms with E-state index in [1.807, 2.05) is 6.92 Å². The Morgan fingerprint density at radius 3 is 2.44 bits per heavy atom. The zero-order chi connectivity index (χ0) is 13.6. The lowest BCUT2D eigenvalue weighted by atomic mass is 10.1. The molecule has 0 aromatic heterocycles. The minimum absolute atomic E-state index is 0.234. The van der Waals surface area contributed by atoms with Crippen LogP contribution in [0.2, 0.25) is 5.02 Å². The molecule has 0 saturated carbocycles. The van der Waals surface area contributed by atoms with Gasteiger partial charge < -0.3 is 0 Å². The Bertz CT molecular complexity index is 459. The van der Waals surface area contributed by atoms with Crippen molar-refractivity contribution < 1.29 is 8.42 Å². The van der Waals surface area contributed by atoms with Gasteiger partial charge in [-0.25, -0.2) is 13.1 Å². The molecule has 0 saturated heterocycles. The Kier molecular flexibility index (Phi) is 6.43. The van der Waals surface area contributed by atoms with Crippen LogP contribution in [0.1, 0.15) is 19.8 Å². The predicted molar refractivity (Wildman–Crippen MR) is 75.8 cm³/mol. The molecule has 1 rings (SSSR count). The van der Waals surface area contributed by atoms with Gasteiger partial charge in [0.05, 0.1) is 4.90 Å². The molecule has 0 amide bonds. The summed E-state index contributed by atoms with van der Waals surface area (Å²) in [6.07, 6.45) is 1.69. The van der Waals surface area contributed by atoms with E-state index < -0.39 is 10.0 Å². The molecule has 0 bridgehead atoms. The maximum absolute atomic E-state index is 11.9. The van der Waals surface area contributed by atoms with Gasteiger partial charge >= 0.3 is 0 Å². The number of halogens is 2. The van der Waals surface area contributed by atoms with E-state index in [9.17, 15) is 8.42 Å². The summed E-state index contributed by atoms with van der Waals surface area (Å²) >= 11 is 11.4. The Labute approximate surface area is 119 Å². The second kappa shape index (κ2) is 7.34. The van der Waals surface area contributed by atoms with Crippen molar-refractivity contribution in [2.45, 2.75) is 24.7 Å². The van der Waals surface area contributed by atoms with Gasteiger partial charge in [0, 0.05) is 17.4 Å². The molecule has 0 aliphatic heterocycles. The van der Waals surface area contributed by atoms with E-state index in [-0.39, 0.29) is 4.90 Å². The second-order valence-corrected chi connectivity index (χ2v) is 6.77. The van der Waals surface area contributed by atoms with Crippen molar-refractivity contribution in [1.82, 2.24) is 4.72 Å². The van der Waals surface area contributed by atoms with E-state index in [0.29, 0.717) is 23.4 Å². The molecule has 1 N–H and O–H groups in total. The van der Waals surface area contributed by atoms with Crippen LogP contribution >= 0.6 is 23.2 Å². The molecule has 6 heteroatoms. The molecule has 0 radical (unpaired) electrons. The molecule has 0 aliphatic rings. The first-order valence-corrected chi connectivity index (χ1v) is 8.16. The predicted octanol–water partition coefficient (Wildman–Crippen LogP) is 3.27. The Hall–Kier alpha value is -0.290. The Balaban J connectivity index is 2.48. The first kappa shape index (κ1) is 15.8. The average molecular weight is 310 g/mol. The Morgan fingerprint density at radius 2 is 1.89 bits per heavy atom. The van der Waals surface area contributed by atoms with Crippen molar-refractivity contribution in [3.63, 3.8) is 0 Å². The zero-order valence-electron chi connectivity index (χ0n) is 10.2. The molecule has 102 valence electrons. The summed E-state index contributed by atoms with van der Waals surface area (Å²) in [5, 5.41) is 0.518. The molecule has 18 heavy (non-hydrogen) atoms. The summed E-state index contributed by atoms with van der Waals surface area (Å²) in [6.45, 7) is 2.47. The van der Waals surface area contributed by atoms with E-state index in [0.717, 1.165) is 12.8 Å². The summed E-state index contributed by atoms with van der Waals surface area (Å²) in [6, 6.07) is 6.11. The maximum atomic E-state index is 11.9. The van der Waals surface area contributed by atoms with E-state index >= 15 is 0 Å². The van der Waals surface area contributed by atoms with Crippen molar-refractivity contribution in [2.24, 2.45) is 5.92 Å². The third-order valence-electron chi connectivity index (χ3n) is 2.55. The second-order valence-electron chi connectivity index (χ2n) is 4.25. The van der Waals surface area contributed by atoms with Crippen molar-refractivity contribution in [1.29, 1.82) is 0 Å². The molecular formula is C12H17Cl2NO2S. The standard InChI is InChI=1S/C12H17Cl2NO2S/c1-10(9-13)3-2-8-15-18(16,17)12-6-4-11(14)5-7-12/h4-7,10,15H,2-3,8-9H2,1H3. The minimum atomic E-state index is -3.42. The van der Waals surface area contributed by atoms with E-state index in [1.165, 1.54) is 12.1 Å². The molecule has 3 nitrogen and oxygen atoms in total. The highest BCUT2D eigenvalue weighted by molar-refractivity contribution is 7.89. The van der Waals surface area contributed by atoms with Crippen LogP contribution in [0.25, 0.3) is 0 Å². The van der Waals surface area contributed by atoms with Gasteiger partial charge in [-0.3, -0.25) is 0 Å².